The van der Waals surface area contributed by atoms with E-state index in [1.165, 1.54) is 12.4 Å². The van der Waals surface area contributed by atoms with E-state index in [-0.39, 0.29) is 11.6 Å². The average Bonchev–Trinajstić information content (AvgIpc) is 3.14. The molecular formula is C17H13N5O2. The van der Waals surface area contributed by atoms with Crippen LogP contribution in [0.15, 0.2) is 59.5 Å². The molecular weight excluding hydrogens is 306 g/mol. The predicted octanol–water partition coefficient (Wildman–Crippen LogP) is 2.61. The number of anilines is 2. The van der Waals surface area contributed by atoms with Crippen LogP contribution < -0.4 is 10.6 Å². The van der Waals surface area contributed by atoms with Gasteiger partial charge in [0, 0.05) is 5.69 Å². The van der Waals surface area contributed by atoms with Crippen LogP contribution in [0.4, 0.5) is 11.5 Å². The maximum Gasteiger partial charge on any atom is 0.271 e. The molecule has 1 amide bonds. The Hall–Kier alpha value is -3.66. The number of amides is 1. The van der Waals surface area contributed by atoms with Gasteiger partial charge in [0.2, 0.25) is 0 Å². The van der Waals surface area contributed by atoms with Crippen LogP contribution in [-0.2, 0) is 6.54 Å². The molecule has 0 aliphatic heterocycles. The first-order chi connectivity index (χ1) is 11.7. The number of nitrogens with one attached hydrogen (secondary N) is 2. The second kappa shape index (κ2) is 7.07. The Morgan fingerprint density at radius 3 is 2.62 bits per heavy atom. The quantitative estimate of drug-likeness (QED) is 0.749. The minimum absolute atomic E-state index is 0.215. The molecule has 0 fully saturated rings. The van der Waals surface area contributed by atoms with Crippen LogP contribution in [0.5, 0.6) is 0 Å². The highest BCUT2D eigenvalue weighted by Crippen LogP contribution is 2.14. The van der Waals surface area contributed by atoms with Crippen LogP contribution in [0.1, 0.15) is 21.8 Å². The predicted molar refractivity (Wildman–Crippen MR) is 86.3 cm³/mol. The fourth-order valence-electron chi connectivity index (χ4n) is 1.96. The van der Waals surface area contributed by atoms with E-state index in [2.05, 4.69) is 26.7 Å². The van der Waals surface area contributed by atoms with Gasteiger partial charge in [-0.3, -0.25) is 4.79 Å². The zero-order valence-electron chi connectivity index (χ0n) is 12.6. The van der Waals surface area contributed by atoms with Crippen molar-refractivity contribution in [2.24, 2.45) is 0 Å². The third kappa shape index (κ3) is 3.75. The van der Waals surface area contributed by atoms with Crippen molar-refractivity contribution in [1.29, 1.82) is 5.26 Å². The summed E-state index contributed by atoms with van der Waals surface area (Å²) in [6.45, 7) is 0.290. The van der Waals surface area contributed by atoms with Crippen molar-refractivity contribution in [1.82, 2.24) is 15.3 Å². The number of hydrogen-bond donors (Lipinski definition) is 2. The number of nitriles is 1. The van der Waals surface area contributed by atoms with Gasteiger partial charge in [0.1, 0.15) is 17.3 Å². The van der Waals surface area contributed by atoms with E-state index >= 15 is 0 Å². The van der Waals surface area contributed by atoms with Crippen LogP contribution in [0, 0.1) is 11.3 Å². The highest BCUT2D eigenvalue weighted by molar-refractivity contribution is 5.91. The van der Waals surface area contributed by atoms with Crippen molar-refractivity contribution < 1.29 is 9.21 Å². The van der Waals surface area contributed by atoms with E-state index in [0.717, 1.165) is 5.69 Å². The van der Waals surface area contributed by atoms with Gasteiger partial charge in [-0.1, -0.05) is 0 Å². The number of rotatable bonds is 5. The van der Waals surface area contributed by atoms with E-state index in [1.807, 2.05) is 0 Å². The van der Waals surface area contributed by atoms with Gasteiger partial charge in [0.05, 0.1) is 36.8 Å². The minimum atomic E-state index is -0.330. The maximum atomic E-state index is 12.0. The molecule has 118 valence electrons. The molecule has 0 unspecified atom stereocenters. The smallest absolute Gasteiger partial charge is 0.271 e. The minimum Gasteiger partial charge on any atom is -0.467 e. The van der Waals surface area contributed by atoms with Crippen molar-refractivity contribution >= 4 is 17.4 Å². The largest absolute Gasteiger partial charge is 0.467 e. The van der Waals surface area contributed by atoms with E-state index in [4.69, 9.17) is 9.68 Å². The van der Waals surface area contributed by atoms with Crippen molar-refractivity contribution in [3.63, 3.8) is 0 Å². The van der Waals surface area contributed by atoms with Gasteiger partial charge in [-0.15, -0.1) is 0 Å². The molecule has 3 aromatic rings. The molecule has 0 aliphatic rings. The van der Waals surface area contributed by atoms with Crippen molar-refractivity contribution in [3.8, 4) is 6.07 Å². The Labute approximate surface area is 138 Å². The molecule has 3 rings (SSSR count). The van der Waals surface area contributed by atoms with Gasteiger partial charge in [-0.05, 0) is 36.4 Å². The summed E-state index contributed by atoms with van der Waals surface area (Å²) in [5, 5.41) is 14.5. The molecule has 2 N–H and O–H groups in total. The number of benzene rings is 1. The second-order valence-corrected chi connectivity index (χ2v) is 4.86. The Bertz CT molecular complexity index is 850. The zero-order chi connectivity index (χ0) is 16.8. The van der Waals surface area contributed by atoms with Gasteiger partial charge in [-0.25, -0.2) is 9.97 Å². The summed E-state index contributed by atoms with van der Waals surface area (Å²) in [4.78, 5) is 20.2. The standard InChI is InChI=1S/C17H13N5O2/c18-8-12-3-5-13(6-4-12)22-16-11-19-15(10-20-16)17(23)21-9-14-2-1-7-24-14/h1-7,10-11H,9H2,(H,20,22)(H,21,23). The Morgan fingerprint density at radius 1 is 1.17 bits per heavy atom. The third-order valence-electron chi connectivity index (χ3n) is 3.17. The van der Waals surface area contributed by atoms with Gasteiger partial charge < -0.3 is 15.1 Å². The lowest BCUT2D eigenvalue weighted by Crippen LogP contribution is -2.23. The second-order valence-electron chi connectivity index (χ2n) is 4.86. The van der Waals surface area contributed by atoms with Gasteiger partial charge >= 0.3 is 0 Å². The molecule has 7 nitrogen and oxygen atoms in total. The number of carbonyl (C=O) groups excluding carboxylic acids is 1. The lowest BCUT2D eigenvalue weighted by Gasteiger charge is -2.06. The lowest BCUT2D eigenvalue weighted by atomic mass is 10.2. The van der Waals surface area contributed by atoms with E-state index in [1.54, 1.807) is 42.7 Å². The molecule has 0 spiro atoms. The van der Waals surface area contributed by atoms with Crippen molar-refractivity contribution in [2.75, 3.05) is 5.32 Å². The summed E-state index contributed by atoms with van der Waals surface area (Å²) in [5.74, 6) is 0.835. The SMILES string of the molecule is N#Cc1ccc(Nc2cnc(C(=O)NCc3ccco3)cn2)cc1. The Kier molecular flexibility index (Phi) is 4.49. The summed E-state index contributed by atoms with van der Waals surface area (Å²) in [7, 11) is 0. The molecule has 0 saturated heterocycles. The average molecular weight is 319 g/mol. The van der Waals surface area contributed by atoms with Gasteiger partial charge in [-0.2, -0.15) is 5.26 Å². The van der Waals surface area contributed by atoms with Crippen LogP contribution >= 0.6 is 0 Å². The van der Waals surface area contributed by atoms with Crippen LogP contribution in [0.25, 0.3) is 0 Å². The topological polar surface area (TPSA) is 104 Å². The number of furan rings is 1. The Morgan fingerprint density at radius 2 is 2.00 bits per heavy atom. The molecule has 7 heteroatoms. The molecule has 2 heterocycles. The molecule has 2 aromatic heterocycles. The monoisotopic (exact) mass is 319 g/mol. The normalized spacial score (nSPS) is 9.96. The molecule has 0 atom stereocenters. The number of carbonyl (C=O) groups is 1. The van der Waals surface area contributed by atoms with E-state index in [0.29, 0.717) is 23.7 Å². The van der Waals surface area contributed by atoms with Crippen LogP contribution in [0.3, 0.4) is 0 Å². The van der Waals surface area contributed by atoms with Gasteiger partial charge in [0.15, 0.2) is 0 Å². The summed E-state index contributed by atoms with van der Waals surface area (Å²) in [6, 6.07) is 12.5. The van der Waals surface area contributed by atoms with Gasteiger partial charge in [0.25, 0.3) is 5.91 Å². The molecule has 24 heavy (non-hydrogen) atoms. The highest BCUT2D eigenvalue weighted by Gasteiger charge is 2.08. The molecule has 0 saturated carbocycles. The first-order valence-corrected chi connectivity index (χ1v) is 7.14. The first kappa shape index (κ1) is 15.2. The number of hydrogen-bond acceptors (Lipinski definition) is 6. The summed E-state index contributed by atoms with van der Waals surface area (Å²) >= 11 is 0. The van der Waals surface area contributed by atoms with E-state index in [9.17, 15) is 4.79 Å². The Balaban J connectivity index is 1.60. The molecule has 0 aliphatic carbocycles. The fraction of sp³-hybridized carbons (Fsp3) is 0.0588. The summed E-state index contributed by atoms with van der Waals surface area (Å²) in [6.07, 6.45) is 4.41. The van der Waals surface area contributed by atoms with Crippen LogP contribution in [-0.4, -0.2) is 15.9 Å². The van der Waals surface area contributed by atoms with Crippen LogP contribution in [0.2, 0.25) is 0 Å². The number of aromatic nitrogens is 2. The third-order valence-corrected chi connectivity index (χ3v) is 3.17. The molecule has 1 aromatic carbocycles. The molecule has 0 radical (unpaired) electrons. The fourth-order valence-corrected chi connectivity index (χ4v) is 1.96. The lowest BCUT2D eigenvalue weighted by molar-refractivity contribution is 0.0942. The van der Waals surface area contributed by atoms with Crippen molar-refractivity contribution in [3.05, 3.63) is 72.1 Å². The highest BCUT2D eigenvalue weighted by atomic mass is 16.3. The van der Waals surface area contributed by atoms with E-state index < -0.39 is 0 Å². The molecule has 0 bridgehead atoms. The number of nitrogens with zero attached hydrogens (tertiary/aromatic N) is 3. The maximum absolute atomic E-state index is 12.0. The summed E-state index contributed by atoms with van der Waals surface area (Å²) < 4.78 is 5.14. The first-order valence-electron chi connectivity index (χ1n) is 7.14. The zero-order valence-corrected chi connectivity index (χ0v) is 12.6. The summed E-state index contributed by atoms with van der Waals surface area (Å²) in [5.41, 5.74) is 1.57. The van der Waals surface area contributed by atoms with Crippen molar-refractivity contribution in [2.45, 2.75) is 6.54 Å².